The van der Waals surface area contributed by atoms with Crippen LogP contribution in [0.3, 0.4) is 0 Å². The first-order valence-corrected chi connectivity index (χ1v) is 8.92. The van der Waals surface area contributed by atoms with Crippen LogP contribution in [0.5, 0.6) is 5.75 Å². The van der Waals surface area contributed by atoms with Gasteiger partial charge in [0.15, 0.2) is 0 Å². The molecule has 3 rings (SSSR count). The minimum atomic E-state index is -0.736. The summed E-state index contributed by atoms with van der Waals surface area (Å²) >= 11 is 5.88. The number of carboxylic acid groups (broad SMARTS) is 1. The van der Waals surface area contributed by atoms with Crippen molar-refractivity contribution in [2.24, 2.45) is 5.92 Å². The molecule has 0 aliphatic rings. The predicted octanol–water partition coefficient (Wildman–Crippen LogP) is 4.32. The first-order chi connectivity index (χ1) is 12.6. The maximum atomic E-state index is 11.0. The molecule has 1 atom stereocenters. The zero-order valence-corrected chi connectivity index (χ0v) is 15.2. The highest BCUT2D eigenvalue weighted by Gasteiger charge is 2.14. The lowest BCUT2D eigenvalue weighted by Crippen LogP contribution is -2.13. The number of ether oxygens (including phenoxy) is 1. The van der Waals surface area contributed by atoms with Crippen LogP contribution in [0, 0.1) is 5.92 Å². The Balaban J connectivity index is 1.61. The van der Waals surface area contributed by atoms with Gasteiger partial charge in [-0.25, -0.2) is 9.50 Å². The molecule has 2 aromatic heterocycles. The zero-order valence-electron chi connectivity index (χ0n) is 14.4. The van der Waals surface area contributed by atoms with Gasteiger partial charge in [0.1, 0.15) is 5.75 Å². The lowest BCUT2D eigenvalue weighted by atomic mass is 10.0. The molecular weight excluding hydrogens is 354 g/mol. The third kappa shape index (κ3) is 4.14. The van der Waals surface area contributed by atoms with Gasteiger partial charge < -0.3 is 9.84 Å². The van der Waals surface area contributed by atoms with E-state index in [-0.39, 0.29) is 11.2 Å². The second-order valence-electron chi connectivity index (χ2n) is 6.04. The van der Waals surface area contributed by atoms with Crippen LogP contribution < -0.4 is 4.74 Å². The van der Waals surface area contributed by atoms with Gasteiger partial charge in [-0.05, 0) is 67.3 Å². The summed E-state index contributed by atoms with van der Waals surface area (Å²) in [6.07, 6.45) is 3.66. The van der Waals surface area contributed by atoms with E-state index in [1.54, 1.807) is 10.7 Å². The summed E-state index contributed by atoms with van der Waals surface area (Å²) in [5.41, 5.74) is 2.78. The number of fused-ring (bicyclic) bond motifs is 1. The minimum absolute atomic E-state index is 0.196. The lowest BCUT2D eigenvalue weighted by molar-refractivity contribution is -0.142. The standard InChI is InChI=1S/C19H20ClN3O3/c1-2-13(18(24)25)4-3-11-26-16-8-5-14(6-9-16)17-10-7-15-12-21-19(20)22-23(15)17/h5-10,12-13H,2-4,11H2,1H3,(H,24,25). The molecule has 0 bridgehead atoms. The molecule has 0 saturated carbocycles. The Morgan fingerprint density at radius 3 is 2.73 bits per heavy atom. The molecule has 7 heteroatoms. The fourth-order valence-corrected chi connectivity index (χ4v) is 2.97. The van der Waals surface area contributed by atoms with Crippen LogP contribution in [-0.4, -0.2) is 32.3 Å². The summed E-state index contributed by atoms with van der Waals surface area (Å²) in [6, 6.07) is 11.6. The minimum Gasteiger partial charge on any atom is -0.494 e. The molecule has 136 valence electrons. The molecular formula is C19H20ClN3O3. The summed E-state index contributed by atoms with van der Waals surface area (Å²) in [4.78, 5) is 15.0. The molecule has 26 heavy (non-hydrogen) atoms. The van der Waals surface area contributed by atoms with Gasteiger partial charge in [0.25, 0.3) is 0 Å². The van der Waals surface area contributed by atoms with E-state index < -0.39 is 5.97 Å². The summed E-state index contributed by atoms with van der Waals surface area (Å²) in [6.45, 7) is 2.39. The first-order valence-electron chi connectivity index (χ1n) is 8.55. The van der Waals surface area contributed by atoms with E-state index in [0.29, 0.717) is 25.9 Å². The average molecular weight is 374 g/mol. The maximum Gasteiger partial charge on any atom is 0.306 e. The fourth-order valence-electron chi connectivity index (χ4n) is 2.84. The Labute approximate surface area is 156 Å². The molecule has 0 saturated heterocycles. The summed E-state index contributed by atoms with van der Waals surface area (Å²) in [7, 11) is 0. The van der Waals surface area contributed by atoms with E-state index in [4.69, 9.17) is 21.4 Å². The van der Waals surface area contributed by atoms with E-state index in [1.807, 2.05) is 43.3 Å². The molecule has 1 N–H and O–H groups in total. The van der Waals surface area contributed by atoms with Crippen molar-refractivity contribution in [2.45, 2.75) is 26.2 Å². The number of benzene rings is 1. The van der Waals surface area contributed by atoms with Crippen LogP contribution in [-0.2, 0) is 4.79 Å². The maximum absolute atomic E-state index is 11.0. The lowest BCUT2D eigenvalue weighted by Gasteiger charge is -2.10. The highest BCUT2D eigenvalue weighted by molar-refractivity contribution is 6.28. The molecule has 0 amide bonds. The monoisotopic (exact) mass is 373 g/mol. The smallest absolute Gasteiger partial charge is 0.306 e. The van der Waals surface area contributed by atoms with E-state index in [1.165, 1.54) is 0 Å². The summed E-state index contributed by atoms with van der Waals surface area (Å²) < 4.78 is 7.47. The molecule has 0 aliphatic carbocycles. The summed E-state index contributed by atoms with van der Waals surface area (Å²) in [5.74, 6) is -0.275. The van der Waals surface area contributed by atoms with Crippen LogP contribution in [0.2, 0.25) is 5.28 Å². The first kappa shape index (κ1) is 18.2. The average Bonchev–Trinajstić information content (AvgIpc) is 3.05. The van der Waals surface area contributed by atoms with Crippen LogP contribution in [0.15, 0.2) is 42.6 Å². The molecule has 0 fully saturated rings. The van der Waals surface area contributed by atoms with Crippen LogP contribution in [0.25, 0.3) is 16.8 Å². The van der Waals surface area contributed by atoms with Crippen molar-refractivity contribution < 1.29 is 14.6 Å². The van der Waals surface area contributed by atoms with Crippen molar-refractivity contribution in [3.8, 4) is 17.0 Å². The van der Waals surface area contributed by atoms with Crippen molar-refractivity contribution in [1.82, 2.24) is 14.6 Å². The van der Waals surface area contributed by atoms with Crippen LogP contribution >= 0.6 is 11.6 Å². The van der Waals surface area contributed by atoms with E-state index >= 15 is 0 Å². The number of halogens is 1. The quantitative estimate of drug-likeness (QED) is 0.595. The van der Waals surface area contributed by atoms with Crippen LogP contribution in [0.4, 0.5) is 0 Å². The number of carbonyl (C=O) groups is 1. The zero-order chi connectivity index (χ0) is 18.5. The second-order valence-corrected chi connectivity index (χ2v) is 6.38. The van der Waals surface area contributed by atoms with Crippen molar-refractivity contribution in [3.05, 3.63) is 47.9 Å². The molecule has 6 nitrogen and oxygen atoms in total. The van der Waals surface area contributed by atoms with Gasteiger partial charge in [-0.3, -0.25) is 4.79 Å². The van der Waals surface area contributed by atoms with Crippen molar-refractivity contribution >= 4 is 23.1 Å². The van der Waals surface area contributed by atoms with Crippen molar-refractivity contribution in [2.75, 3.05) is 6.61 Å². The SMILES string of the molecule is CCC(CCCOc1ccc(-c2ccc3cnc(Cl)nn23)cc1)C(=O)O. The highest BCUT2D eigenvalue weighted by atomic mass is 35.5. The Morgan fingerprint density at radius 1 is 1.27 bits per heavy atom. The Hall–Kier alpha value is -2.60. The summed E-state index contributed by atoms with van der Waals surface area (Å²) in [5, 5.41) is 13.5. The Morgan fingerprint density at radius 2 is 2.04 bits per heavy atom. The highest BCUT2D eigenvalue weighted by Crippen LogP contribution is 2.24. The number of aromatic nitrogens is 3. The molecule has 0 spiro atoms. The van der Waals surface area contributed by atoms with Gasteiger partial charge in [0.05, 0.1) is 29.9 Å². The van der Waals surface area contributed by atoms with E-state index in [0.717, 1.165) is 22.5 Å². The third-order valence-electron chi connectivity index (χ3n) is 4.33. The van der Waals surface area contributed by atoms with Crippen molar-refractivity contribution in [3.63, 3.8) is 0 Å². The van der Waals surface area contributed by atoms with Gasteiger partial charge in [0, 0.05) is 5.56 Å². The van der Waals surface area contributed by atoms with Crippen molar-refractivity contribution in [1.29, 1.82) is 0 Å². The number of hydrogen-bond acceptors (Lipinski definition) is 4. The fraction of sp³-hybridized carbons (Fsp3) is 0.316. The van der Waals surface area contributed by atoms with Gasteiger partial charge >= 0.3 is 5.97 Å². The Kier molecular flexibility index (Phi) is 5.73. The second kappa shape index (κ2) is 8.19. The van der Waals surface area contributed by atoms with Gasteiger partial charge in [0.2, 0.25) is 5.28 Å². The number of rotatable bonds is 8. The van der Waals surface area contributed by atoms with Gasteiger partial charge in [-0.1, -0.05) is 6.92 Å². The molecule has 2 heterocycles. The van der Waals surface area contributed by atoms with Gasteiger partial charge in [-0.2, -0.15) is 0 Å². The Bertz CT molecular complexity index is 893. The van der Waals surface area contributed by atoms with E-state index in [9.17, 15) is 4.79 Å². The van der Waals surface area contributed by atoms with E-state index in [2.05, 4.69) is 10.1 Å². The number of carboxylic acids is 1. The molecule has 1 aromatic carbocycles. The molecule has 0 radical (unpaired) electrons. The largest absolute Gasteiger partial charge is 0.494 e. The van der Waals surface area contributed by atoms with Crippen LogP contribution in [0.1, 0.15) is 26.2 Å². The number of aliphatic carboxylic acids is 1. The normalized spacial score (nSPS) is 12.2. The number of nitrogens with zero attached hydrogens (tertiary/aromatic N) is 3. The third-order valence-corrected chi connectivity index (χ3v) is 4.50. The topological polar surface area (TPSA) is 76.7 Å². The molecule has 0 aliphatic heterocycles. The molecule has 3 aromatic rings. The van der Waals surface area contributed by atoms with Gasteiger partial charge in [-0.15, -0.1) is 5.10 Å². The number of hydrogen-bond donors (Lipinski definition) is 1. The molecule has 1 unspecified atom stereocenters. The predicted molar refractivity (Wildman–Crippen MR) is 99.6 cm³/mol.